The third-order valence-electron chi connectivity index (χ3n) is 2.81. The number of halogens is 2. The van der Waals surface area contributed by atoms with E-state index < -0.39 is 0 Å². The van der Waals surface area contributed by atoms with Gasteiger partial charge >= 0.3 is 0 Å². The Morgan fingerprint density at radius 3 is 2.53 bits per heavy atom. The highest BCUT2D eigenvalue weighted by Gasteiger charge is 2.18. The first-order chi connectivity index (χ1) is 9.11. The van der Waals surface area contributed by atoms with Crippen LogP contribution in [0, 0.1) is 0 Å². The molecule has 0 aromatic heterocycles. The number of amides is 1. The molecule has 0 aliphatic carbocycles. The molecule has 0 radical (unpaired) electrons. The monoisotopic (exact) mass is 303 g/mol. The van der Waals surface area contributed by atoms with Gasteiger partial charge in [-0.2, -0.15) is 0 Å². The molecule has 0 heterocycles. The first kappa shape index (κ1) is 16.1. The minimum absolute atomic E-state index is 0.249. The lowest BCUT2D eigenvalue weighted by atomic mass is 10.1. The Hall–Kier alpha value is -0.930. The molecule has 0 saturated carbocycles. The Balaban J connectivity index is 2.68. The molecular formula is C14H19Cl2NO2. The molecule has 0 bridgehead atoms. The maximum Gasteiger partial charge on any atom is 0.256 e. The van der Waals surface area contributed by atoms with E-state index in [-0.39, 0.29) is 5.91 Å². The number of nitrogens with one attached hydrogen (secondary N) is 1. The molecule has 0 unspecified atom stereocenters. The van der Waals surface area contributed by atoms with Crippen LogP contribution in [0.5, 0.6) is 5.75 Å². The minimum Gasteiger partial charge on any atom is -0.494 e. The van der Waals surface area contributed by atoms with Crippen molar-refractivity contribution in [3.8, 4) is 5.75 Å². The van der Waals surface area contributed by atoms with Gasteiger partial charge in [-0.1, -0.05) is 49.4 Å². The van der Waals surface area contributed by atoms with Crippen molar-refractivity contribution in [1.29, 1.82) is 0 Å². The molecule has 0 fully saturated rings. The zero-order chi connectivity index (χ0) is 14.3. The van der Waals surface area contributed by atoms with Crippen molar-refractivity contribution >= 4 is 29.1 Å². The fraction of sp³-hybridized carbons (Fsp3) is 0.500. The second-order valence-corrected chi connectivity index (χ2v) is 5.07. The van der Waals surface area contributed by atoms with Gasteiger partial charge in [0, 0.05) is 6.54 Å². The van der Waals surface area contributed by atoms with E-state index >= 15 is 0 Å². The van der Waals surface area contributed by atoms with Gasteiger partial charge in [-0.05, 0) is 18.6 Å². The Morgan fingerprint density at radius 1 is 1.21 bits per heavy atom. The SMILES string of the molecule is CCCCCCNC(=O)c1c(Cl)ccc(Cl)c1OC. The number of rotatable bonds is 7. The van der Waals surface area contributed by atoms with Gasteiger partial charge in [0.05, 0.1) is 17.2 Å². The maximum atomic E-state index is 12.1. The molecule has 0 spiro atoms. The number of carbonyl (C=O) groups is 1. The van der Waals surface area contributed by atoms with Crippen molar-refractivity contribution in [3.05, 3.63) is 27.7 Å². The highest BCUT2D eigenvalue weighted by Crippen LogP contribution is 2.33. The maximum absolute atomic E-state index is 12.1. The van der Waals surface area contributed by atoms with Gasteiger partial charge in [0.2, 0.25) is 0 Å². The summed E-state index contributed by atoms with van der Waals surface area (Å²) in [6.45, 7) is 2.78. The topological polar surface area (TPSA) is 38.3 Å². The molecule has 1 aromatic rings. The fourth-order valence-electron chi connectivity index (χ4n) is 1.79. The summed E-state index contributed by atoms with van der Waals surface area (Å²) in [7, 11) is 1.47. The average Bonchev–Trinajstić information content (AvgIpc) is 2.40. The first-order valence-electron chi connectivity index (χ1n) is 6.42. The van der Waals surface area contributed by atoms with E-state index in [1.807, 2.05) is 0 Å². The number of ether oxygens (including phenoxy) is 1. The lowest BCUT2D eigenvalue weighted by molar-refractivity contribution is 0.0950. The number of hydrogen-bond donors (Lipinski definition) is 1. The van der Waals surface area contributed by atoms with Crippen LogP contribution in [0.15, 0.2) is 12.1 Å². The molecule has 1 rings (SSSR count). The molecule has 0 saturated heterocycles. The number of unbranched alkanes of at least 4 members (excludes halogenated alkanes) is 3. The Morgan fingerprint density at radius 2 is 1.89 bits per heavy atom. The number of hydrogen-bond acceptors (Lipinski definition) is 2. The number of methoxy groups -OCH3 is 1. The fourth-order valence-corrected chi connectivity index (χ4v) is 2.26. The zero-order valence-corrected chi connectivity index (χ0v) is 12.8. The predicted molar refractivity (Wildman–Crippen MR) is 79.5 cm³/mol. The van der Waals surface area contributed by atoms with E-state index in [1.165, 1.54) is 20.0 Å². The minimum atomic E-state index is -0.249. The van der Waals surface area contributed by atoms with Gasteiger partial charge < -0.3 is 10.1 Å². The van der Waals surface area contributed by atoms with Gasteiger partial charge in [-0.3, -0.25) is 4.79 Å². The molecule has 1 aromatic carbocycles. The zero-order valence-electron chi connectivity index (χ0n) is 11.3. The van der Waals surface area contributed by atoms with Gasteiger partial charge in [0.15, 0.2) is 5.75 Å². The van der Waals surface area contributed by atoms with Gasteiger partial charge in [0.25, 0.3) is 5.91 Å². The Bertz CT molecular complexity index is 436. The first-order valence-corrected chi connectivity index (χ1v) is 7.17. The van der Waals surface area contributed by atoms with Crippen LogP contribution < -0.4 is 10.1 Å². The van der Waals surface area contributed by atoms with Crippen molar-refractivity contribution in [1.82, 2.24) is 5.32 Å². The molecule has 0 aliphatic heterocycles. The Kier molecular flexibility index (Phi) is 7.03. The van der Waals surface area contributed by atoms with E-state index in [0.717, 1.165) is 12.8 Å². The van der Waals surface area contributed by atoms with Crippen LogP contribution in [0.2, 0.25) is 10.0 Å². The summed E-state index contributed by atoms with van der Waals surface area (Å²) in [5, 5.41) is 3.56. The smallest absolute Gasteiger partial charge is 0.256 e. The van der Waals surface area contributed by atoms with E-state index in [4.69, 9.17) is 27.9 Å². The van der Waals surface area contributed by atoms with E-state index in [2.05, 4.69) is 12.2 Å². The molecule has 5 heteroatoms. The van der Waals surface area contributed by atoms with E-state index in [9.17, 15) is 4.79 Å². The van der Waals surface area contributed by atoms with Crippen LogP contribution in [0.3, 0.4) is 0 Å². The molecule has 1 amide bonds. The lowest BCUT2D eigenvalue weighted by Gasteiger charge is -2.12. The molecule has 19 heavy (non-hydrogen) atoms. The van der Waals surface area contributed by atoms with Crippen LogP contribution in [0.1, 0.15) is 43.0 Å². The molecular weight excluding hydrogens is 285 g/mol. The standard InChI is InChI=1S/C14H19Cl2NO2/c1-3-4-5-6-9-17-14(18)12-10(15)7-8-11(16)13(12)19-2/h7-8H,3-6,9H2,1-2H3,(H,17,18). The summed E-state index contributed by atoms with van der Waals surface area (Å²) >= 11 is 12.0. The van der Waals surface area contributed by atoms with Crippen molar-refractivity contribution in [2.24, 2.45) is 0 Å². The summed E-state index contributed by atoms with van der Waals surface area (Å²) in [5.41, 5.74) is 0.298. The Labute approximate surface area is 124 Å². The van der Waals surface area contributed by atoms with Crippen molar-refractivity contribution in [2.75, 3.05) is 13.7 Å². The molecule has 3 nitrogen and oxygen atoms in total. The van der Waals surface area contributed by atoms with Gasteiger partial charge in [-0.15, -0.1) is 0 Å². The quantitative estimate of drug-likeness (QED) is 0.762. The van der Waals surface area contributed by atoms with Gasteiger partial charge in [-0.25, -0.2) is 0 Å². The number of carbonyl (C=O) groups excluding carboxylic acids is 1. The molecule has 1 N–H and O–H groups in total. The summed E-state index contributed by atoms with van der Waals surface area (Å²) in [5.74, 6) is 0.0704. The third-order valence-corrected chi connectivity index (χ3v) is 3.42. The van der Waals surface area contributed by atoms with Crippen LogP contribution in [0.4, 0.5) is 0 Å². The second kappa shape index (κ2) is 8.28. The molecule has 0 atom stereocenters. The van der Waals surface area contributed by atoms with E-state index in [0.29, 0.717) is 27.9 Å². The van der Waals surface area contributed by atoms with E-state index in [1.54, 1.807) is 12.1 Å². The highest BCUT2D eigenvalue weighted by atomic mass is 35.5. The van der Waals surface area contributed by atoms with Crippen LogP contribution in [-0.2, 0) is 0 Å². The van der Waals surface area contributed by atoms with Crippen molar-refractivity contribution in [3.63, 3.8) is 0 Å². The van der Waals surface area contributed by atoms with Crippen molar-refractivity contribution < 1.29 is 9.53 Å². The van der Waals surface area contributed by atoms with Crippen LogP contribution in [0.25, 0.3) is 0 Å². The summed E-state index contributed by atoms with van der Waals surface area (Å²) in [6.07, 6.45) is 4.41. The average molecular weight is 304 g/mol. The van der Waals surface area contributed by atoms with Crippen LogP contribution >= 0.6 is 23.2 Å². The lowest BCUT2D eigenvalue weighted by Crippen LogP contribution is -2.25. The van der Waals surface area contributed by atoms with Gasteiger partial charge in [0.1, 0.15) is 5.56 Å². The third kappa shape index (κ3) is 4.59. The normalized spacial score (nSPS) is 10.3. The summed E-state index contributed by atoms with van der Waals surface area (Å²) in [4.78, 5) is 12.1. The summed E-state index contributed by atoms with van der Waals surface area (Å²) < 4.78 is 5.15. The van der Waals surface area contributed by atoms with Crippen LogP contribution in [-0.4, -0.2) is 19.6 Å². The molecule has 0 aliphatic rings. The molecule has 106 valence electrons. The number of benzene rings is 1. The second-order valence-electron chi connectivity index (χ2n) is 4.25. The predicted octanol–water partition coefficient (Wildman–Crippen LogP) is 4.31. The highest BCUT2D eigenvalue weighted by molar-refractivity contribution is 6.37. The summed E-state index contributed by atoms with van der Waals surface area (Å²) in [6, 6.07) is 3.21. The van der Waals surface area contributed by atoms with Crippen molar-refractivity contribution in [2.45, 2.75) is 32.6 Å². The largest absolute Gasteiger partial charge is 0.494 e.